The first-order chi connectivity index (χ1) is 9.05. The van der Waals surface area contributed by atoms with Gasteiger partial charge in [-0.15, -0.1) is 0 Å². The first-order valence-electron chi connectivity index (χ1n) is 6.74. The van der Waals surface area contributed by atoms with Crippen molar-refractivity contribution < 1.29 is 14.3 Å². The number of rotatable bonds is 7. The SMILES string of the molecule is CCOc1ccc(NC(=O)C(C)(CC)OCC)cc1. The van der Waals surface area contributed by atoms with Gasteiger partial charge in [0.1, 0.15) is 11.4 Å². The van der Waals surface area contributed by atoms with Crippen LogP contribution in [0.1, 0.15) is 34.1 Å². The van der Waals surface area contributed by atoms with E-state index in [2.05, 4.69) is 5.32 Å². The zero-order chi connectivity index (χ0) is 14.3. The number of anilines is 1. The molecule has 0 bridgehead atoms. The largest absolute Gasteiger partial charge is 0.494 e. The van der Waals surface area contributed by atoms with Crippen molar-refractivity contribution in [2.45, 2.75) is 39.7 Å². The predicted molar refractivity (Wildman–Crippen MR) is 76.6 cm³/mol. The molecule has 0 aliphatic heterocycles. The lowest BCUT2D eigenvalue weighted by Crippen LogP contribution is -2.42. The van der Waals surface area contributed by atoms with Crippen LogP contribution in [0.3, 0.4) is 0 Å². The van der Waals surface area contributed by atoms with E-state index in [0.717, 1.165) is 11.4 Å². The van der Waals surface area contributed by atoms with Crippen molar-refractivity contribution in [3.8, 4) is 5.75 Å². The van der Waals surface area contributed by atoms with Crippen molar-refractivity contribution in [1.29, 1.82) is 0 Å². The molecular formula is C15H23NO3. The van der Waals surface area contributed by atoms with E-state index in [-0.39, 0.29) is 5.91 Å². The molecule has 1 aromatic rings. The molecule has 1 aromatic carbocycles. The summed E-state index contributed by atoms with van der Waals surface area (Å²) in [6.45, 7) is 8.71. The highest BCUT2D eigenvalue weighted by Gasteiger charge is 2.31. The molecular weight excluding hydrogens is 242 g/mol. The molecule has 0 fully saturated rings. The molecule has 0 spiro atoms. The molecule has 4 heteroatoms. The number of amides is 1. The Kier molecular flexibility index (Phi) is 5.83. The topological polar surface area (TPSA) is 47.6 Å². The van der Waals surface area contributed by atoms with Crippen molar-refractivity contribution in [3.05, 3.63) is 24.3 Å². The quantitative estimate of drug-likeness (QED) is 0.823. The van der Waals surface area contributed by atoms with Gasteiger partial charge in [0.25, 0.3) is 5.91 Å². The molecule has 106 valence electrons. The van der Waals surface area contributed by atoms with Gasteiger partial charge in [0, 0.05) is 12.3 Å². The molecule has 1 rings (SSSR count). The maximum atomic E-state index is 12.2. The molecule has 4 nitrogen and oxygen atoms in total. The first kappa shape index (κ1) is 15.5. The summed E-state index contributed by atoms with van der Waals surface area (Å²) in [5.41, 5.74) is -0.0410. The van der Waals surface area contributed by atoms with E-state index < -0.39 is 5.60 Å². The van der Waals surface area contributed by atoms with E-state index >= 15 is 0 Å². The molecule has 0 saturated heterocycles. The van der Waals surface area contributed by atoms with Crippen molar-refractivity contribution >= 4 is 11.6 Å². The van der Waals surface area contributed by atoms with Crippen molar-refractivity contribution in [3.63, 3.8) is 0 Å². The lowest BCUT2D eigenvalue weighted by molar-refractivity contribution is -0.139. The van der Waals surface area contributed by atoms with Crippen LogP contribution in [0.2, 0.25) is 0 Å². The molecule has 1 N–H and O–H groups in total. The number of hydrogen-bond donors (Lipinski definition) is 1. The van der Waals surface area contributed by atoms with E-state index in [0.29, 0.717) is 19.6 Å². The second-order valence-corrected chi connectivity index (χ2v) is 4.43. The normalized spacial score (nSPS) is 13.7. The van der Waals surface area contributed by atoms with Gasteiger partial charge in [-0.2, -0.15) is 0 Å². The van der Waals surface area contributed by atoms with E-state index in [1.54, 1.807) is 6.92 Å². The Bertz CT molecular complexity index is 402. The summed E-state index contributed by atoms with van der Waals surface area (Å²) in [7, 11) is 0. The number of ether oxygens (including phenoxy) is 2. The van der Waals surface area contributed by atoms with Gasteiger partial charge in [-0.25, -0.2) is 0 Å². The number of benzene rings is 1. The molecule has 19 heavy (non-hydrogen) atoms. The molecule has 1 unspecified atom stereocenters. The fraction of sp³-hybridized carbons (Fsp3) is 0.533. The molecule has 1 atom stereocenters. The molecule has 0 aliphatic carbocycles. The number of carbonyl (C=O) groups is 1. The predicted octanol–water partition coefficient (Wildman–Crippen LogP) is 3.23. The highest BCUT2D eigenvalue weighted by Crippen LogP contribution is 2.20. The van der Waals surface area contributed by atoms with E-state index in [9.17, 15) is 4.79 Å². The van der Waals surface area contributed by atoms with Crippen LogP contribution in [0.15, 0.2) is 24.3 Å². The molecule has 0 aliphatic rings. The minimum atomic E-state index is -0.784. The number of nitrogens with one attached hydrogen (secondary N) is 1. The maximum absolute atomic E-state index is 12.2. The fourth-order valence-corrected chi connectivity index (χ4v) is 1.71. The van der Waals surface area contributed by atoms with Crippen LogP contribution >= 0.6 is 0 Å². The average Bonchev–Trinajstić information content (AvgIpc) is 2.41. The molecule has 0 aromatic heterocycles. The van der Waals surface area contributed by atoms with Crippen LogP contribution in [0.4, 0.5) is 5.69 Å². The lowest BCUT2D eigenvalue weighted by Gasteiger charge is -2.26. The van der Waals surface area contributed by atoms with Crippen LogP contribution < -0.4 is 10.1 Å². The first-order valence-corrected chi connectivity index (χ1v) is 6.74. The Balaban J connectivity index is 2.70. The summed E-state index contributed by atoms with van der Waals surface area (Å²) in [5, 5.41) is 2.87. The third kappa shape index (κ3) is 4.24. The fourth-order valence-electron chi connectivity index (χ4n) is 1.71. The Hall–Kier alpha value is -1.55. The van der Waals surface area contributed by atoms with E-state index in [1.165, 1.54) is 0 Å². The summed E-state index contributed by atoms with van der Waals surface area (Å²) < 4.78 is 10.9. The van der Waals surface area contributed by atoms with Gasteiger partial charge in [0.05, 0.1) is 6.61 Å². The second-order valence-electron chi connectivity index (χ2n) is 4.43. The van der Waals surface area contributed by atoms with Crippen LogP contribution in [0.5, 0.6) is 5.75 Å². The van der Waals surface area contributed by atoms with Crippen LogP contribution in [0.25, 0.3) is 0 Å². The van der Waals surface area contributed by atoms with Gasteiger partial charge >= 0.3 is 0 Å². The number of carbonyl (C=O) groups excluding carboxylic acids is 1. The van der Waals surface area contributed by atoms with Gasteiger partial charge < -0.3 is 14.8 Å². The van der Waals surface area contributed by atoms with Gasteiger partial charge in [-0.05, 0) is 51.5 Å². The Labute approximate surface area is 115 Å². The maximum Gasteiger partial charge on any atom is 0.256 e. The number of hydrogen-bond acceptors (Lipinski definition) is 3. The van der Waals surface area contributed by atoms with Gasteiger partial charge in [0.15, 0.2) is 0 Å². The smallest absolute Gasteiger partial charge is 0.256 e. The third-order valence-corrected chi connectivity index (χ3v) is 3.04. The molecule has 0 saturated carbocycles. The van der Waals surface area contributed by atoms with Gasteiger partial charge in [0.2, 0.25) is 0 Å². The minimum absolute atomic E-state index is 0.124. The minimum Gasteiger partial charge on any atom is -0.494 e. The van der Waals surface area contributed by atoms with Crippen LogP contribution in [0, 0.1) is 0 Å². The standard InChI is InChI=1S/C15H23NO3/c1-5-15(4,19-7-3)14(17)16-12-8-10-13(11-9-12)18-6-2/h8-11H,5-7H2,1-4H3,(H,16,17). The van der Waals surface area contributed by atoms with E-state index in [1.807, 2.05) is 45.0 Å². The van der Waals surface area contributed by atoms with E-state index in [4.69, 9.17) is 9.47 Å². The molecule has 0 radical (unpaired) electrons. The van der Waals surface area contributed by atoms with Crippen molar-refractivity contribution in [2.24, 2.45) is 0 Å². The summed E-state index contributed by atoms with van der Waals surface area (Å²) in [6, 6.07) is 7.32. The van der Waals surface area contributed by atoms with Gasteiger partial charge in [-0.1, -0.05) is 6.92 Å². The van der Waals surface area contributed by atoms with Crippen molar-refractivity contribution in [1.82, 2.24) is 0 Å². The van der Waals surface area contributed by atoms with Crippen LogP contribution in [-0.2, 0) is 9.53 Å². The third-order valence-electron chi connectivity index (χ3n) is 3.04. The summed E-state index contributed by atoms with van der Waals surface area (Å²) in [5.74, 6) is 0.671. The van der Waals surface area contributed by atoms with Gasteiger partial charge in [-0.3, -0.25) is 4.79 Å². The lowest BCUT2D eigenvalue weighted by atomic mass is 10.0. The summed E-state index contributed by atoms with van der Waals surface area (Å²) >= 11 is 0. The zero-order valence-corrected chi connectivity index (χ0v) is 12.2. The summed E-state index contributed by atoms with van der Waals surface area (Å²) in [6.07, 6.45) is 0.629. The average molecular weight is 265 g/mol. The zero-order valence-electron chi connectivity index (χ0n) is 12.2. The Morgan fingerprint density at radius 3 is 2.26 bits per heavy atom. The second kappa shape index (κ2) is 7.14. The Morgan fingerprint density at radius 1 is 1.16 bits per heavy atom. The van der Waals surface area contributed by atoms with Crippen molar-refractivity contribution in [2.75, 3.05) is 18.5 Å². The highest BCUT2D eigenvalue weighted by atomic mass is 16.5. The highest BCUT2D eigenvalue weighted by molar-refractivity contribution is 5.97. The monoisotopic (exact) mass is 265 g/mol. The molecule has 0 heterocycles. The molecule has 1 amide bonds. The van der Waals surface area contributed by atoms with Crippen LogP contribution in [-0.4, -0.2) is 24.7 Å². The summed E-state index contributed by atoms with van der Waals surface area (Å²) in [4.78, 5) is 12.2. The Morgan fingerprint density at radius 2 is 1.79 bits per heavy atom.